The maximum absolute atomic E-state index is 11.6. The molecule has 1 atom stereocenters. The van der Waals surface area contributed by atoms with Gasteiger partial charge in [-0.05, 0) is 46.9 Å². The van der Waals surface area contributed by atoms with Gasteiger partial charge in [0.1, 0.15) is 5.82 Å². The van der Waals surface area contributed by atoms with Crippen molar-refractivity contribution in [1.82, 2.24) is 4.98 Å². The second kappa shape index (κ2) is 6.60. The van der Waals surface area contributed by atoms with E-state index in [0.717, 1.165) is 10.9 Å². The van der Waals surface area contributed by atoms with Gasteiger partial charge in [-0.2, -0.15) is 0 Å². The molecule has 0 saturated carbocycles. The van der Waals surface area contributed by atoms with Gasteiger partial charge < -0.3 is 11.1 Å². The number of nitrogens with one attached hydrogen (secondary N) is 1. The molecule has 1 rings (SSSR count). The van der Waals surface area contributed by atoms with Crippen LogP contribution in [0.15, 0.2) is 22.8 Å². The van der Waals surface area contributed by atoms with Crippen molar-refractivity contribution in [2.24, 2.45) is 11.7 Å². The first kappa shape index (κ1) is 13.1. The van der Waals surface area contributed by atoms with Crippen molar-refractivity contribution >= 4 is 27.7 Å². The smallest absolute Gasteiger partial charge is 0.225 e. The van der Waals surface area contributed by atoms with E-state index in [4.69, 9.17) is 5.73 Å². The summed E-state index contributed by atoms with van der Waals surface area (Å²) in [5, 5.41) is 2.75. The number of hydrogen-bond acceptors (Lipinski definition) is 3. The average molecular weight is 286 g/mol. The SMILES string of the molecule is CC(CN)CCC(=O)Nc1ncccc1Br. The number of nitrogens with zero attached hydrogens (tertiary/aromatic N) is 1. The van der Waals surface area contributed by atoms with Gasteiger partial charge in [-0.25, -0.2) is 4.98 Å². The summed E-state index contributed by atoms with van der Waals surface area (Å²) in [7, 11) is 0. The van der Waals surface area contributed by atoms with Crippen molar-refractivity contribution in [1.29, 1.82) is 0 Å². The predicted octanol–water partition coefficient (Wildman–Crippen LogP) is 2.16. The molecule has 1 amide bonds. The third-order valence-electron chi connectivity index (χ3n) is 2.28. The highest BCUT2D eigenvalue weighted by atomic mass is 79.9. The molecule has 3 N–H and O–H groups in total. The van der Waals surface area contributed by atoms with Crippen LogP contribution < -0.4 is 11.1 Å². The number of rotatable bonds is 5. The van der Waals surface area contributed by atoms with Crippen LogP contribution in [0.4, 0.5) is 5.82 Å². The van der Waals surface area contributed by atoms with Gasteiger partial charge in [0.15, 0.2) is 0 Å². The van der Waals surface area contributed by atoms with Crippen LogP contribution in [0.5, 0.6) is 0 Å². The van der Waals surface area contributed by atoms with Crippen LogP contribution in [0.3, 0.4) is 0 Å². The van der Waals surface area contributed by atoms with E-state index in [1.54, 1.807) is 12.3 Å². The number of nitrogens with two attached hydrogens (primary N) is 1. The predicted molar refractivity (Wildman–Crippen MR) is 68.0 cm³/mol. The maximum atomic E-state index is 11.6. The molecule has 0 aromatic carbocycles. The second-order valence-electron chi connectivity index (χ2n) is 3.76. The van der Waals surface area contributed by atoms with Gasteiger partial charge in [-0.3, -0.25) is 4.79 Å². The van der Waals surface area contributed by atoms with Crippen LogP contribution in [-0.2, 0) is 4.79 Å². The fraction of sp³-hybridized carbons (Fsp3) is 0.455. The van der Waals surface area contributed by atoms with Gasteiger partial charge >= 0.3 is 0 Å². The Morgan fingerprint density at radius 1 is 1.69 bits per heavy atom. The molecule has 0 radical (unpaired) electrons. The lowest BCUT2D eigenvalue weighted by molar-refractivity contribution is -0.116. The first-order valence-electron chi connectivity index (χ1n) is 5.24. The first-order valence-corrected chi connectivity index (χ1v) is 6.03. The molecule has 1 aromatic rings. The van der Waals surface area contributed by atoms with Crippen molar-refractivity contribution in [3.8, 4) is 0 Å². The molecule has 0 aliphatic heterocycles. The molecule has 1 aromatic heterocycles. The molecule has 4 nitrogen and oxygen atoms in total. The van der Waals surface area contributed by atoms with Crippen molar-refractivity contribution in [2.75, 3.05) is 11.9 Å². The Morgan fingerprint density at radius 3 is 3.06 bits per heavy atom. The number of carbonyl (C=O) groups is 1. The van der Waals surface area contributed by atoms with E-state index >= 15 is 0 Å². The number of aromatic nitrogens is 1. The van der Waals surface area contributed by atoms with Crippen LogP contribution in [-0.4, -0.2) is 17.4 Å². The Morgan fingerprint density at radius 2 is 2.44 bits per heavy atom. The second-order valence-corrected chi connectivity index (χ2v) is 4.62. The number of carbonyl (C=O) groups excluding carboxylic acids is 1. The van der Waals surface area contributed by atoms with Gasteiger partial charge in [0.2, 0.25) is 5.91 Å². The number of amides is 1. The van der Waals surface area contributed by atoms with Crippen LogP contribution in [0, 0.1) is 5.92 Å². The molecule has 0 bridgehead atoms. The molecule has 88 valence electrons. The minimum absolute atomic E-state index is 0.0281. The van der Waals surface area contributed by atoms with Crippen molar-refractivity contribution < 1.29 is 4.79 Å². The van der Waals surface area contributed by atoms with Gasteiger partial charge in [0, 0.05) is 12.6 Å². The number of pyridine rings is 1. The van der Waals surface area contributed by atoms with Gasteiger partial charge in [-0.1, -0.05) is 6.92 Å². The molecule has 5 heteroatoms. The summed E-state index contributed by atoms with van der Waals surface area (Å²) in [6.07, 6.45) is 2.91. The summed E-state index contributed by atoms with van der Waals surface area (Å²) in [6, 6.07) is 3.64. The van der Waals surface area contributed by atoms with E-state index in [-0.39, 0.29) is 5.91 Å². The zero-order valence-corrected chi connectivity index (χ0v) is 10.8. The molecule has 1 heterocycles. The Balaban J connectivity index is 2.43. The molecule has 0 fully saturated rings. The lowest BCUT2D eigenvalue weighted by Gasteiger charge is -2.08. The van der Waals surface area contributed by atoms with Crippen LogP contribution in [0.25, 0.3) is 0 Å². The van der Waals surface area contributed by atoms with Gasteiger partial charge in [0.25, 0.3) is 0 Å². The monoisotopic (exact) mass is 285 g/mol. The van der Waals surface area contributed by atoms with Crippen LogP contribution in [0.2, 0.25) is 0 Å². The van der Waals surface area contributed by atoms with Crippen molar-refractivity contribution in [2.45, 2.75) is 19.8 Å². The number of anilines is 1. The van der Waals surface area contributed by atoms with Crippen LogP contribution >= 0.6 is 15.9 Å². The summed E-state index contributed by atoms with van der Waals surface area (Å²) in [5.74, 6) is 0.908. The third kappa shape index (κ3) is 4.28. The Bertz CT molecular complexity index is 357. The average Bonchev–Trinajstić information content (AvgIpc) is 2.29. The topological polar surface area (TPSA) is 68.0 Å². The maximum Gasteiger partial charge on any atom is 0.225 e. The fourth-order valence-electron chi connectivity index (χ4n) is 1.17. The van der Waals surface area contributed by atoms with E-state index < -0.39 is 0 Å². The van der Waals surface area contributed by atoms with Crippen LogP contribution in [0.1, 0.15) is 19.8 Å². The van der Waals surface area contributed by atoms with Crippen molar-refractivity contribution in [3.63, 3.8) is 0 Å². The third-order valence-corrected chi connectivity index (χ3v) is 2.92. The molecule has 0 aliphatic carbocycles. The molecular weight excluding hydrogens is 270 g/mol. The number of hydrogen-bond donors (Lipinski definition) is 2. The summed E-state index contributed by atoms with van der Waals surface area (Å²) < 4.78 is 0.787. The number of halogens is 1. The Kier molecular flexibility index (Phi) is 5.42. The molecule has 0 spiro atoms. The highest BCUT2D eigenvalue weighted by molar-refractivity contribution is 9.10. The first-order chi connectivity index (χ1) is 7.63. The van der Waals surface area contributed by atoms with Gasteiger partial charge in [0.05, 0.1) is 4.47 Å². The zero-order chi connectivity index (χ0) is 12.0. The molecule has 16 heavy (non-hydrogen) atoms. The Labute approximate surface area is 104 Å². The standard InChI is InChI=1S/C11H16BrN3O/c1-8(7-13)4-5-10(16)15-11-9(12)3-2-6-14-11/h2-3,6,8H,4-5,7,13H2,1H3,(H,14,15,16). The highest BCUT2D eigenvalue weighted by Crippen LogP contribution is 2.18. The van der Waals surface area contributed by atoms with Gasteiger partial charge in [-0.15, -0.1) is 0 Å². The fourth-order valence-corrected chi connectivity index (χ4v) is 1.52. The van der Waals surface area contributed by atoms with E-state index in [1.807, 2.05) is 13.0 Å². The Hall–Kier alpha value is -0.940. The molecule has 0 saturated heterocycles. The summed E-state index contributed by atoms with van der Waals surface area (Å²) in [5.41, 5.74) is 5.48. The normalized spacial score (nSPS) is 12.2. The van der Waals surface area contributed by atoms with E-state index in [2.05, 4.69) is 26.2 Å². The van der Waals surface area contributed by atoms with E-state index in [1.165, 1.54) is 0 Å². The molecular formula is C11H16BrN3O. The lowest BCUT2D eigenvalue weighted by atomic mass is 10.1. The minimum atomic E-state index is -0.0281. The highest BCUT2D eigenvalue weighted by Gasteiger charge is 2.08. The van der Waals surface area contributed by atoms with Crippen molar-refractivity contribution in [3.05, 3.63) is 22.8 Å². The van der Waals surface area contributed by atoms with E-state index in [0.29, 0.717) is 24.7 Å². The molecule has 0 aliphatic rings. The zero-order valence-electron chi connectivity index (χ0n) is 9.24. The lowest BCUT2D eigenvalue weighted by Crippen LogP contribution is -2.17. The largest absolute Gasteiger partial charge is 0.330 e. The van der Waals surface area contributed by atoms with E-state index in [9.17, 15) is 4.79 Å². The molecule has 1 unspecified atom stereocenters. The minimum Gasteiger partial charge on any atom is -0.330 e. The summed E-state index contributed by atoms with van der Waals surface area (Å²) in [6.45, 7) is 2.64. The summed E-state index contributed by atoms with van der Waals surface area (Å²) >= 11 is 3.32. The quantitative estimate of drug-likeness (QED) is 0.871. The summed E-state index contributed by atoms with van der Waals surface area (Å²) in [4.78, 5) is 15.6.